The number of carbonyl (C=O) groups excluding carboxylic acids is 1. The Balaban J connectivity index is 1.90. The van der Waals surface area contributed by atoms with Crippen molar-refractivity contribution in [3.8, 4) is 17.1 Å². The maximum absolute atomic E-state index is 12.2. The van der Waals surface area contributed by atoms with E-state index in [2.05, 4.69) is 20.4 Å². The van der Waals surface area contributed by atoms with Crippen molar-refractivity contribution >= 4 is 11.9 Å². The molecule has 3 heterocycles. The molecule has 4 rings (SSSR count). The van der Waals surface area contributed by atoms with Crippen LogP contribution in [0.3, 0.4) is 0 Å². The van der Waals surface area contributed by atoms with Crippen molar-refractivity contribution in [1.82, 2.24) is 19.7 Å². The topological polar surface area (TPSA) is 108 Å². The highest BCUT2D eigenvalue weighted by Crippen LogP contribution is 2.37. The zero-order valence-electron chi connectivity index (χ0n) is 14.9. The summed E-state index contributed by atoms with van der Waals surface area (Å²) in [5, 5.41) is 7.77. The summed E-state index contributed by atoms with van der Waals surface area (Å²) >= 11 is 0. The third-order valence-electron chi connectivity index (χ3n) is 4.47. The summed E-state index contributed by atoms with van der Waals surface area (Å²) in [5.41, 5.74) is 8.28. The highest BCUT2D eigenvalue weighted by molar-refractivity contribution is 5.95. The molecule has 1 atom stereocenters. The average molecular weight is 362 g/mol. The Morgan fingerprint density at radius 1 is 1.26 bits per heavy atom. The number of ether oxygens (including phenoxy) is 1. The third kappa shape index (κ3) is 2.80. The van der Waals surface area contributed by atoms with Crippen molar-refractivity contribution in [2.45, 2.75) is 13.0 Å². The Bertz CT molecular complexity index is 1040. The van der Waals surface area contributed by atoms with Crippen molar-refractivity contribution < 1.29 is 9.53 Å². The number of nitrogens with two attached hydrogens (primary N) is 1. The maximum atomic E-state index is 12.2. The molecular weight excluding hydrogens is 344 g/mol. The van der Waals surface area contributed by atoms with E-state index in [1.807, 2.05) is 36.4 Å². The fourth-order valence-electron chi connectivity index (χ4n) is 3.26. The number of para-hydroxylation sites is 1. The van der Waals surface area contributed by atoms with Gasteiger partial charge in [-0.1, -0.05) is 18.2 Å². The molecule has 0 saturated carbocycles. The molecule has 3 N–H and O–H groups in total. The molecule has 0 saturated heterocycles. The van der Waals surface area contributed by atoms with E-state index in [0.29, 0.717) is 28.8 Å². The molecule has 1 aromatic carbocycles. The molecule has 8 nitrogen and oxygen atoms in total. The number of hydrogen-bond acceptors (Lipinski definition) is 6. The van der Waals surface area contributed by atoms with Crippen LogP contribution in [0.25, 0.3) is 11.4 Å². The summed E-state index contributed by atoms with van der Waals surface area (Å²) < 4.78 is 7.08. The van der Waals surface area contributed by atoms with Crippen LogP contribution in [-0.2, 0) is 4.79 Å². The number of amides is 1. The van der Waals surface area contributed by atoms with E-state index < -0.39 is 11.9 Å². The van der Waals surface area contributed by atoms with Gasteiger partial charge in [-0.25, -0.2) is 4.68 Å². The van der Waals surface area contributed by atoms with Crippen LogP contribution in [0.5, 0.6) is 5.75 Å². The van der Waals surface area contributed by atoms with E-state index in [1.54, 1.807) is 31.1 Å². The van der Waals surface area contributed by atoms with Gasteiger partial charge in [-0.2, -0.15) is 4.98 Å². The maximum Gasteiger partial charge on any atom is 0.248 e. The Labute approximate surface area is 155 Å². The summed E-state index contributed by atoms with van der Waals surface area (Å²) in [6.07, 6.45) is 3.37. The molecule has 0 fully saturated rings. The van der Waals surface area contributed by atoms with E-state index in [1.165, 1.54) is 0 Å². The van der Waals surface area contributed by atoms with Gasteiger partial charge >= 0.3 is 0 Å². The number of hydrogen-bond donors (Lipinski definition) is 2. The van der Waals surface area contributed by atoms with E-state index in [-0.39, 0.29) is 0 Å². The van der Waals surface area contributed by atoms with Crippen molar-refractivity contribution in [1.29, 1.82) is 0 Å². The minimum Gasteiger partial charge on any atom is -0.496 e. The summed E-state index contributed by atoms with van der Waals surface area (Å²) in [6, 6.07) is 10.7. The molecule has 1 aliphatic rings. The number of rotatable bonds is 4. The smallest absolute Gasteiger partial charge is 0.248 e. The lowest BCUT2D eigenvalue weighted by molar-refractivity contribution is -0.115. The monoisotopic (exact) mass is 362 g/mol. The quantitative estimate of drug-likeness (QED) is 0.736. The number of aromatic nitrogens is 4. The van der Waals surface area contributed by atoms with E-state index in [4.69, 9.17) is 10.5 Å². The zero-order valence-corrected chi connectivity index (χ0v) is 14.9. The summed E-state index contributed by atoms with van der Waals surface area (Å²) in [5.74, 6) is 1.15. The van der Waals surface area contributed by atoms with E-state index in [9.17, 15) is 4.79 Å². The van der Waals surface area contributed by atoms with Crippen LogP contribution < -0.4 is 15.8 Å². The molecule has 136 valence electrons. The molecular formula is C19H18N6O2. The van der Waals surface area contributed by atoms with Gasteiger partial charge in [0.25, 0.3) is 0 Å². The number of carbonyl (C=O) groups is 1. The summed E-state index contributed by atoms with van der Waals surface area (Å²) in [6.45, 7) is 1.80. The molecule has 1 unspecified atom stereocenters. The number of allylic oxidation sites excluding steroid dienone is 1. The van der Waals surface area contributed by atoms with Crippen LogP contribution in [0, 0.1) is 0 Å². The molecule has 0 radical (unpaired) electrons. The molecule has 0 aliphatic carbocycles. The standard InChI is InChI=1S/C19H18N6O2/c1-11-15(17(20)26)16(12-6-5-9-21-10-12)25-19(22-11)23-18(24-25)13-7-3-4-8-14(13)27-2/h3-10,16H,1-2H3,(H2,20,26)(H,22,23,24). The molecule has 2 aromatic heterocycles. The zero-order chi connectivity index (χ0) is 19.0. The second kappa shape index (κ2) is 6.56. The number of benzene rings is 1. The number of primary amides is 1. The number of pyridine rings is 1. The number of nitrogens with zero attached hydrogens (tertiary/aromatic N) is 4. The first kappa shape index (κ1) is 16.8. The lowest BCUT2D eigenvalue weighted by atomic mass is 9.97. The second-order valence-corrected chi connectivity index (χ2v) is 6.12. The molecule has 0 bridgehead atoms. The van der Waals surface area contributed by atoms with Crippen LogP contribution in [0.1, 0.15) is 18.5 Å². The number of nitrogens with one attached hydrogen (secondary N) is 1. The fraction of sp³-hybridized carbons (Fsp3) is 0.158. The van der Waals surface area contributed by atoms with Gasteiger partial charge < -0.3 is 15.8 Å². The summed E-state index contributed by atoms with van der Waals surface area (Å²) in [4.78, 5) is 20.9. The van der Waals surface area contributed by atoms with Gasteiger partial charge in [0.2, 0.25) is 11.9 Å². The predicted molar refractivity (Wildman–Crippen MR) is 99.9 cm³/mol. The average Bonchev–Trinajstić information content (AvgIpc) is 3.10. The SMILES string of the molecule is COc1ccccc1-c1nc2n(n1)C(c1cccnc1)C(C(N)=O)=C(C)N2. The first-order valence-corrected chi connectivity index (χ1v) is 8.37. The van der Waals surface area contributed by atoms with Crippen molar-refractivity contribution in [3.63, 3.8) is 0 Å². The largest absolute Gasteiger partial charge is 0.496 e. The number of anilines is 1. The molecule has 27 heavy (non-hydrogen) atoms. The first-order valence-electron chi connectivity index (χ1n) is 8.37. The Hall–Kier alpha value is -3.68. The van der Waals surface area contributed by atoms with Crippen LogP contribution in [0.15, 0.2) is 60.1 Å². The molecule has 3 aromatic rings. The van der Waals surface area contributed by atoms with Gasteiger partial charge in [0.05, 0.1) is 18.2 Å². The van der Waals surface area contributed by atoms with Crippen LogP contribution in [-0.4, -0.2) is 32.8 Å². The summed E-state index contributed by atoms with van der Waals surface area (Å²) in [7, 11) is 1.60. The van der Waals surface area contributed by atoms with Crippen molar-refractivity contribution in [3.05, 3.63) is 65.6 Å². The minimum absolute atomic E-state index is 0.423. The van der Waals surface area contributed by atoms with Gasteiger partial charge in [0.1, 0.15) is 11.8 Å². The molecule has 1 aliphatic heterocycles. The molecule has 8 heteroatoms. The van der Waals surface area contributed by atoms with Crippen LogP contribution >= 0.6 is 0 Å². The van der Waals surface area contributed by atoms with Crippen molar-refractivity contribution in [2.75, 3.05) is 12.4 Å². The number of methoxy groups -OCH3 is 1. The number of fused-ring (bicyclic) bond motifs is 1. The molecule has 1 amide bonds. The lowest BCUT2D eigenvalue weighted by Crippen LogP contribution is -2.31. The molecule has 0 spiro atoms. The third-order valence-corrected chi connectivity index (χ3v) is 4.47. The lowest BCUT2D eigenvalue weighted by Gasteiger charge is -2.27. The van der Waals surface area contributed by atoms with Crippen LogP contribution in [0.2, 0.25) is 0 Å². The highest BCUT2D eigenvalue weighted by atomic mass is 16.5. The second-order valence-electron chi connectivity index (χ2n) is 6.12. The predicted octanol–water partition coefficient (Wildman–Crippen LogP) is 2.12. The highest BCUT2D eigenvalue weighted by Gasteiger charge is 2.33. The van der Waals surface area contributed by atoms with Gasteiger partial charge in [0.15, 0.2) is 5.82 Å². The van der Waals surface area contributed by atoms with Gasteiger partial charge in [-0.3, -0.25) is 9.78 Å². The van der Waals surface area contributed by atoms with E-state index in [0.717, 1.165) is 11.1 Å². The minimum atomic E-state index is -0.520. The Morgan fingerprint density at radius 3 is 2.78 bits per heavy atom. The van der Waals surface area contributed by atoms with Gasteiger partial charge in [-0.15, -0.1) is 5.10 Å². The van der Waals surface area contributed by atoms with Gasteiger partial charge in [-0.05, 0) is 30.7 Å². The fourth-order valence-corrected chi connectivity index (χ4v) is 3.26. The Morgan fingerprint density at radius 2 is 2.07 bits per heavy atom. The first-order chi connectivity index (χ1) is 13.1. The normalized spacial score (nSPS) is 15.9. The van der Waals surface area contributed by atoms with Crippen LogP contribution in [0.4, 0.5) is 5.95 Å². The van der Waals surface area contributed by atoms with Crippen molar-refractivity contribution in [2.24, 2.45) is 5.73 Å². The van der Waals surface area contributed by atoms with E-state index >= 15 is 0 Å². The van der Waals surface area contributed by atoms with Gasteiger partial charge in [0, 0.05) is 18.1 Å². The Kier molecular flexibility index (Phi) is 4.08.